The Labute approximate surface area is 357 Å². The number of nitrogens with one attached hydrogen (secondary N) is 1. The molecule has 4 aromatic rings. The molecule has 4 atom stereocenters. The van der Waals surface area contributed by atoms with Crippen molar-refractivity contribution in [1.82, 2.24) is 19.8 Å². The molecule has 2 aromatic carbocycles. The third-order valence-electron chi connectivity index (χ3n) is 11.7. The number of likely N-dealkylation sites (tertiary alicyclic amines) is 1. The van der Waals surface area contributed by atoms with E-state index in [4.69, 9.17) is 30.8 Å². The van der Waals surface area contributed by atoms with E-state index in [2.05, 4.69) is 21.3 Å². The number of carbonyl (C=O) groups excluding carboxylic acids is 2. The molecule has 17 heteroatoms. The highest BCUT2D eigenvalue weighted by Gasteiger charge is 2.50. The monoisotopic (exact) mass is 867 g/mol. The number of likely N-dealkylation sites (N-methyl/N-ethyl adjacent to an activating group) is 1. The standard InChI is InChI=1S/C43H52ClF2N7O6S/c1-9-51(30-14-18-52(23(30)2)40(56)59-42(6,7)8)36-26-19-28(44)32(25-11-12-29(45)35-31(25)27(20-47)37(60-35)50-39(55)58-41(3,4)5)33(46)34(26)48-38(49-36)57-22-43-15-10-17-53(43)24(21-54)13-16-43/h11-12,19,23-24,30,54H,9-10,13-18,21-22H2,1-8H3,(H,50,55)/t23-,24?,30-,43?/m1/s1. The van der Waals surface area contributed by atoms with Crippen LogP contribution in [0.2, 0.25) is 5.02 Å². The number of anilines is 2. The molecule has 0 saturated carbocycles. The normalized spacial score (nSPS) is 22.0. The number of rotatable bonds is 9. The van der Waals surface area contributed by atoms with Gasteiger partial charge in [-0.3, -0.25) is 10.2 Å². The summed E-state index contributed by atoms with van der Waals surface area (Å²) in [6.07, 6.45) is 2.77. The number of nitriles is 1. The van der Waals surface area contributed by atoms with Crippen molar-refractivity contribution in [2.45, 2.75) is 122 Å². The van der Waals surface area contributed by atoms with E-state index in [0.29, 0.717) is 25.3 Å². The molecule has 60 heavy (non-hydrogen) atoms. The Balaban J connectivity index is 1.36. The van der Waals surface area contributed by atoms with E-state index in [1.54, 1.807) is 31.7 Å². The zero-order valence-electron chi connectivity index (χ0n) is 35.2. The highest BCUT2D eigenvalue weighted by molar-refractivity contribution is 7.23. The lowest BCUT2D eigenvalue weighted by Crippen LogP contribution is -2.48. The molecular weight excluding hydrogens is 816 g/mol. The molecule has 3 fully saturated rings. The van der Waals surface area contributed by atoms with Crippen molar-refractivity contribution in [1.29, 1.82) is 5.26 Å². The molecule has 0 aliphatic carbocycles. The first kappa shape index (κ1) is 43.5. The van der Waals surface area contributed by atoms with Crippen molar-refractivity contribution < 1.29 is 37.7 Å². The third kappa shape index (κ3) is 8.13. The number of aliphatic hydroxyl groups excluding tert-OH is 1. The number of thiophene rings is 1. The van der Waals surface area contributed by atoms with E-state index < -0.39 is 35.0 Å². The van der Waals surface area contributed by atoms with Crippen LogP contribution in [0.3, 0.4) is 0 Å². The van der Waals surface area contributed by atoms with Crippen molar-refractivity contribution in [2.24, 2.45) is 0 Å². The number of aliphatic hydroxyl groups is 1. The number of benzene rings is 2. The van der Waals surface area contributed by atoms with Crippen LogP contribution in [0.25, 0.3) is 32.1 Å². The smallest absolute Gasteiger partial charge is 0.412 e. The first-order valence-corrected chi connectivity index (χ1v) is 21.6. The predicted molar refractivity (Wildman–Crippen MR) is 228 cm³/mol. The van der Waals surface area contributed by atoms with Gasteiger partial charge in [-0.15, -0.1) is 11.3 Å². The van der Waals surface area contributed by atoms with E-state index in [1.807, 2.05) is 39.5 Å². The second-order valence-electron chi connectivity index (χ2n) is 17.9. The van der Waals surface area contributed by atoms with Crippen LogP contribution < -0.4 is 15.0 Å². The van der Waals surface area contributed by atoms with Crippen molar-refractivity contribution in [3.63, 3.8) is 0 Å². The molecular formula is C43H52ClF2N7O6S. The molecule has 0 bridgehead atoms. The predicted octanol–water partition coefficient (Wildman–Crippen LogP) is 9.25. The fraction of sp³-hybridized carbons (Fsp3) is 0.558. The van der Waals surface area contributed by atoms with Crippen molar-refractivity contribution in [3.8, 4) is 23.2 Å². The Morgan fingerprint density at radius 1 is 1.12 bits per heavy atom. The first-order chi connectivity index (χ1) is 28.3. The molecule has 7 rings (SSSR count). The summed E-state index contributed by atoms with van der Waals surface area (Å²) in [4.78, 5) is 41.7. The fourth-order valence-electron chi connectivity index (χ4n) is 9.13. The molecule has 2 aromatic heterocycles. The van der Waals surface area contributed by atoms with Gasteiger partial charge in [0, 0.05) is 35.5 Å². The number of hydrogen-bond acceptors (Lipinski definition) is 12. The number of halogens is 3. The van der Waals surface area contributed by atoms with Gasteiger partial charge in [-0.2, -0.15) is 15.2 Å². The van der Waals surface area contributed by atoms with E-state index in [1.165, 1.54) is 6.07 Å². The van der Waals surface area contributed by atoms with Gasteiger partial charge >= 0.3 is 18.2 Å². The maximum atomic E-state index is 17.6. The van der Waals surface area contributed by atoms with Crippen LogP contribution >= 0.6 is 22.9 Å². The second-order valence-corrected chi connectivity index (χ2v) is 19.3. The summed E-state index contributed by atoms with van der Waals surface area (Å²) < 4.78 is 50.7. The maximum Gasteiger partial charge on any atom is 0.412 e. The SMILES string of the molecule is CCN(c1nc(OCC23CCCN2C(CO)CC3)nc2c(F)c(-c3ccc(F)c4sc(NC(=O)OC(C)(C)C)c(C#N)c34)c(Cl)cc12)[C@@H]1CCN(C(=O)OC(C)(C)C)[C@@H]1C. The summed E-state index contributed by atoms with van der Waals surface area (Å²) in [7, 11) is 0. The molecule has 2 N–H and O–H groups in total. The first-order valence-electron chi connectivity index (χ1n) is 20.4. The summed E-state index contributed by atoms with van der Waals surface area (Å²) >= 11 is 7.88. The minimum atomic E-state index is -0.844. The molecule has 3 aliphatic rings. The maximum absolute atomic E-state index is 17.6. The van der Waals surface area contributed by atoms with Crippen LogP contribution in [0.1, 0.15) is 93.1 Å². The summed E-state index contributed by atoms with van der Waals surface area (Å²) in [5.74, 6) is -1.16. The molecule has 13 nitrogen and oxygen atoms in total. The highest BCUT2D eigenvalue weighted by atomic mass is 35.5. The lowest BCUT2D eigenvalue weighted by Gasteiger charge is -2.35. The van der Waals surface area contributed by atoms with Gasteiger partial charge in [0.05, 0.1) is 39.5 Å². The van der Waals surface area contributed by atoms with Gasteiger partial charge in [-0.05, 0) is 112 Å². The largest absolute Gasteiger partial charge is 0.461 e. The number of amides is 2. The van der Waals surface area contributed by atoms with Gasteiger partial charge in [0.1, 0.15) is 46.0 Å². The third-order valence-corrected chi connectivity index (χ3v) is 13.1. The number of fused-ring (bicyclic) bond motifs is 3. The summed E-state index contributed by atoms with van der Waals surface area (Å²) in [6, 6.07) is 5.55. The van der Waals surface area contributed by atoms with Crippen LogP contribution in [-0.4, -0.2) is 105 Å². The topological polar surface area (TPSA) is 153 Å². The van der Waals surface area contributed by atoms with Gasteiger partial charge < -0.3 is 29.1 Å². The van der Waals surface area contributed by atoms with E-state index in [0.717, 1.165) is 49.6 Å². The second kappa shape index (κ2) is 16.4. The average molecular weight is 868 g/mol. The van der Waals surface area contributed by atoms with Crippen molar-refractivity contribution in [3.05, 3.63) is 40.4 Å². The molecule has 2 amide bonds. The number of carbonyl (C=O) groups is 2. The minimum absolute atomic E-state index is 0.0121. The molecule has 3 saturated heterocycles. The van der Waals surface area contributed by atoms with Gasteiger partial charge in [0.2, 0.25) is 0 Å². The minimum Gasteiger partial charge on any atom is -0.461 e. The summed E-state index contributed by atoms with van der Waals surface area (Å²) in [6.45, 7) is 16.4. The molecule has 5 heterocycles. The Kier molecular flexibility index (Phi) is 11.9. The van der Waals surface area contributed by atoms with Crippen LogP contribution in [0, 0.1) is 23.0 Å². The summed E-state index contributed by atoms with van der Waals surface area (Å²) in [5, 5.41) is 23.4. The summed E-state index contributed by atoms with van der Waals surface area (Å²) in [5.41, 5.74) is -2.06. The zero-order chi connectivity index (χ0) is 43.5. The number of nitrogens with zero attached hydrogens (tertiary/aromatic N) is 6. The average Bonchev–Trinajstić information content (AvgIpc) is 3.93. The number of aromatic nitrogens is 2. The van der Waals surface area contributed by atoms with Gasteiger partial charge in [-0.1, -0.05) is 17.7 Å². The highest BCUT2D eigenvalue weighted by Crippen LogP contribution is 2.48. The Morgan fingerprint density at radius 2 is 1.85 bits per heavy atom. The molecule has 3 aliphatic heterocycles. The van der Waals surface area contributed by atoms with Gasteiger partial charge in [-0.25, -0.2) is 18.4 Å². The van der Waals surface area contributed by atoms with Crippen LogP contribution in [0.5, 0.6) is 6.01 Å². The van der Waals surface area contributed by atoms with Gasteiger partial charge in [0.25, 0.3) is 0 Å². The molecule has 0 spiro atoms. The van der Waals surface area contributed by atoms with Gasteiger partial charge in [0.15, 0.2) is 5.82 Å². The molecule has 2 unspecified atom stereocenters. The quantitative estimate of drug-likeness (QED) is 0.166. The van der Waals surface area contributed by atoms with Crippen molar-refractivity contribution >= 4 is 66.9 Å². The van der Waals surface area contributed by atoms with Crippen LogP contribution in [-0.2, 0) is 9.47 Å². The zero-order valence-corrected chi connectivity index (χ0v) is 36.8. The Hall–Kier alpha value is -4.56. The van der Waals surface area contributed by atoms with Crippen LogP contribution in [0.4, 0.5) is 29.2 Å². The van der Waals surface area contributed by atoms with E-state index in [9.17, 15) is 20.0 Å². The van der Waals surface area contributed by atoms with E-state index in [-0.39, 0.29) is 90.6 Å². The molecule has 322 valence electrons. The Morgan fingerprint density at radius 3 is 2.52 bits per heavy atom. The Bertz CT molecular complexity index is 2380. The fourth-order valence-corrected chi connectivity index (χ4v) is 10.5. The van der Waals surface area contributed by atoms with E-state index >= 15 is 8.78 Å². The van der Waals surface area contributed by atoms with Crippen molar-refractivity contribution in [2.75, 3.05) is 43.1 Å². The van der Waals surface area contributed by atoms with Crippen LogP contribution in [0.15, 0.2) is 18.2 Å². The number of ether oxygens (including phenoxy) is 3. The number of hydrogen-bond donors (Lipinski definition) is 2. The lowest BCUT2D eigenvalue weighted by molar-refractivity contribution is 0.0232. The molecule has 0 radical (unpaired) electrons. The lowest BCUT2D eigenvalue weighted by atomic mass is 9.95.